The number of fused-ring (bicyclic) bond motifs is 1. The summed E-state index contributed by atoms with van der Waals surface area (Å²) >= 11 is 1.42. The smallest absolute Gasteiger partial charge is 0.328 e. The zero-order valence-corrected chi connectivity index (χ0v) is 17.0. The lowest BCUT2D eigenvalue weighted by Crippen LogP contribution is -2.29. The van der Waals surface area contributed by atoms with Crippen LogP contribution in [0.5, 0.6) is 0 Å². The molecule has 0 aliphatic rings. The highest BCUT2D eigenvalue weighted by Crippen LogP contribution is 2.32. The molecule has 0 radical (unpaired) electrons. The quantitative estimate of drug-likeness (QED) is 0.443. The van der Waals surface area contributed by atoms with Crippen molar-refractivity contribution in [2.75, 3.05) is 6.61 Å². The van der Waals surface area contributed by atoms with Gasteiger partial charge in [-0.3, -0.25) is 9.36 Å². The number of hydrogen-bond acceptors (Lipinski definition) is 5. The van der Waals surface area contributed by atoms with E-state index in [4.69, 9.17) is 4.74 Å². The Hall–Kier alpha value is -3.25. The minimum atomic E-state index is -0.729. The minimum absolute atomic E-state index is 0.237. The Labute approximate surface area is 172 Å². The first-order chi connectivity index (χ1) is 14.1. The van der Waals surface area contributed by atoms with Crippen LogP contribution >= 0.6 is 11.3 Å². The van der Waals surface area contributed by atoms with Gasteiger partial charge in [-0.2, -0.15) is 0 Å². The Balaban J connectivity index is 1.76. The van der Waals surface area contributed by atoms with Gasteiger partial charge in [-0.1, -0.05) is 54.6 Å². The number of ether oxygens (including phenoxy) is 1. The van der Waals surface area contributed by atoms with Gasteiger partial charge in [0.25, 0.3) is 5.56 Å². The Kier molecular flexibility index (Phi) is 5.27. The normalized spacial score (nSPS) is 12.1. The number of hydrogen-bond donors (Lipinski definition) is 0. The van der Waals surface area contributed by atoms with Crippen LogP contribution in [0.15, 0.2) is 71.1 Å². The molecule has 6 heteroatoms. The largest absolute Gasteiger partial charge is 0.464 e. The van der Waals surface area contributed by atoms with Gasteiger partial charge in [0.2, 0.25) is 0 Å². The van der Waals surface area contributed by atoms with Crippen molar-refractivity contribution in [2.24, 2.45) is 0 Å². The summed E-state index contributed by atoms with van der Waals surface area (Å²) in [6, 6.07) is 17.5. The second-order valence-electron chi connectivity index (χ2n) is 6.66. The number of carbonyl (C=O) groups excluding carboxylic acids is 1. The van der Waals surface area contributed by atoms with Crippen LogP contribution in [-0.2, 0) is 9.53 Å². The lowest BCUT2D eigenvalue weighted by atomic mass is 10.0. The molecule has 5 nitrogen and oxygen atoms in total. The average Bonchev–Trinajstić information content (AvgIpc) is 3.19. The molecular weight excluding hydrogens is 384 g/mol. The molecule has 1 atom stereocenters. The predicted octanol–water partition coefficient (Wildman–Crippen LogP) is 4.92. The zero-order valence-electron chi connectivity index (χ0n) is 16.2. The van der Waals surface area contributed by atoms with Crippen LogP contribution in [0.3, 0.4) is 0 Å². The van der Waals surface area contributed by atoms with Gasteiger partial charge in [0.15, 0.2) is 0 Å². The molecule has 2 aromatic carbocycles. The van der Waals surface area contributed by atoms with Gasteiger partial charge >= 0.3 is 5.97 Å². The maximum atomic E-state index is 13.1. The minimum Gasteiger partial charge on any atom is -0.464 e. The van der Waals surface area contributed by atoms with Crippen LogP contribution in [0.1, 0.15) is 19.9 Å². The summed E-state index contributed by atoms with van der Waals surface area (Å²) < 4.78 is 6.40. The number of benzene rings is 2. The van der Waals surface area contributed by atoms with E-state index in [1.165, 1.54) is 22.2 Å². The van der Waals surface area contributed by atoms with Crippen molar-refractivity contribution in [1.29, 1.82) is 0 Å². The summed E-state index contributed by atoms with van der Waals surface area (Å²) in [5.74, 6) is -0.445. The summed E-state index contributed by atoms with van der Waals surface area (Å²) in [6.45, 7) is 3.66. The van der Waals surface area contributed by atoms with Gasteiger partial charge in [0, 0.05) is 10.9 Å². The molecule has 0 bridgehead atoms. The molecule has 0 saturated carbocycles. The number of aromatic nitrogens is 2. The molecule has 0 saturated heterocycles. The molecule has 0 unspecified atom stereocenters. The highest BCUT2D eigenvalue weighted by Gasteiger charge is 2.21. The van der Waals surface area contributed by atoms with Crippen LogP contribution in [0.4, 0.5) is 0 Å². The van der Waals surface area contributed by atoms with E-state index in [-0.39, 0.29) is 12.2 Å². The summed E-state index contributed by atoms with van der Waals surface area (Å²) in [5.41, 5.74) is 3.78. The number of nitrogens with zero attached hydrogens (tertiary/aromatic N) is 2. The number of thiophene rings is 1. The fraction of sp³-hybridized carbons (Fsp3) is 0.174. The second-order valence-corrected chi connectivity index (χ2v) is 7.52. The third-order valence-electron chi connectivity index (χ3n) is 4.87. The van der Waals surface area contributed by atoms with E-state index < -0.39 is 12.0 Å². The standard InChI is InChI=1S/C23H20N2O3S/c1-3-28-23(27)15(2)25-14-24-21-20(22(25)26)19(13-29-21)18-11-9-17(10-12-18)16-7-5-4-6-8-16/h4-15H,3H2,1-2H3/t15-/m1/s1. The zero-order chi connectivity index (χ0) is 20.4. The third-order valence-corrected chi connectivity index (χ3v) is 5.75. The summed E-state index contributed by atoms with van der Waals surface area (Å²) in [5, 5.41) is 2.47. The summed E-state index contributed by atoms with van der Waals surface area (Å²) in [6.07, 6.45) is 1.42. The highest BCUT2D eigenvalue weighted by atomic mass is 32.1. The number of esters is 1. The monoisotopic (exact) mass is 404 g/mol. The van der Waals surface area contributed by atoms with E-state index in [2.05, 4.69) is 17.1 Å². The van der Waals surface area contributed by atoms with Gasteiger partial charge in [0.1, 0.15) is 10.9 Å². The number of rotatable bonds is 5. The van der Waals surface area contributed by atoms with Crippen molar-refractivity contribution >= 4 is 27.5 Å². The molecule has 2 aromatic heterocycles. The highest BCUT2D eigenvalue weighted by molar-refractivity contribution is 7.17. The molecular formula is C23H20N2O3S. The van der Waals surface area contributed by atoms with Crippen molar-refractivity contribution in [1.82, 2.24) is 9.55 Å². The number of carbonyl (C=O) groups is 1. The van der Waals surface area contributed by atoms with Gasteiger partial charge in [0.05, 0.1) is 18.3 Å². The van der Waals surface area contributed by atoms with E-state index >= 15 is 0 Å². The van der Waals surface area contributed by atoms with E-state index in [0.717, 1.165) is 22.3 Å². The Morgan fingerprint density at radius 2 is 1.72 bits per heavy atom. The van der Waals surface area contributed by atoms with Crippen LogP contribution in [-0.4, -0.2) is 22.1 Å². The van der Waals surface area contributed by atoms with Crippen LogP contribution < -0.4 is 5.56 Å². The molecule has 4 aromatic rings. The summed E-state index contributed by atoms with van der Waals surface area (Å²) in [7, 11) is 0. The fourth-order valence-electron chi connectivity index (χ4n) is 3.28. The fourth-order valence-corrected chi connectivity index (χ4v) is 4.19. The first-order valence-corrected chi connectivity index (χ1v) is 10.3. The van der Waals surface area contributed by atoms with E-state index in [1.54, 1.807) is 13.8 Å². The molecule has 0 fully saturated rings. The van der Waals surface area contributed by atoms with Crippen molar-refractivity contribution in [3.63, 3.8) is 0 Å². The molecule has 0 aliphatic carbocycles. The Bertz CT molecular complexity index is 1210. The summed E-state index contributed by atoms with van der Waals surface area (Å²) in [4.78, 5) is 30.3. The van der Waals surface area contributed by atoms with Crippen molar-refractivity contribution in [2.45, 2.75) is 19.9 Å². The Morgan fingerprint density at radius 3 is 2.41 bits per heavy atom. The van der Waals surface area contributed by atoms with Gasteiger partial charge in [-0.05, 0) is 30.5 Å². The molecule has 0 spiro atoms. The molecule has 0 N–H and O–H groups in total. The second kappa shape index (κ2) is 8.01. The van der Waals surface area contributed by atoms with E-state index in [0.29, 0.717) is 10.2 Å². The SMILES string of the molecule is CCOC(=O)[C@@H](C)n1cnc2scc(-c3ccc(-c4ccccc4)cc3)c2c1=O. The topological polar surface area (TPSA) is 61.2 Å². The average molecular weight is 404 g/mol. The maximum Gasteiger partial charge on any atom is 0.328 e. The van der Waals surface area contributed by atoms with Gasteiger partial charge < -0.3 is 4.74 Å². The molecule has 4 rings (SSSR count). The first kappa shape index (κ1) is 19.1. The van der Waals surface area contributed by atoms with E-state index in [9.17, 15) is 9.59 Å². The van der Waals surface area contributed by atoms with E-state index in [1.807, 2.05) is 47.8 Å². The molecule has 0 amide bonds. The maximum absolute atomic E-state index is 13.1. The molecule has 0 aliphatic heterocycles. The van der Waals surface area contributed by atoms with Crippen molar-refractivity contribution in [3.8, 4) is 22.3 Å². The lowest BCUT2D eigenvalue weighted by molar-refractivity contribution is -0.146. The molecule has 146 valence electrons. The molecule has 2 heterocycles. The van der Waals surface area contributed by atoms with Crippen LogP contribution in [0, 0.1) is 0 Å². The van der Waals surface area contributed by atoms with Gasteiger partial charge in [-0.15, -0.1) is 11.3 Å². The Morgan fingerprint density at radius 1 is 1.07 bits per heavy atom. The van der Waals surface area contributed by atoms with Crippen molar-refractivity contribution in [3.05, 3.63) is 76.7 Å². The lowest BCUT2D eigenvalue weighted by Gasteiger charge is -2.13. The molecule has 29 heavy (non-hydrogen) atoms. The van der Waals surface area contributed by atoms with Crippen LogP contribution in [0.2, 0.25) is 0 Å². The predicted molar refractivity (Wildman–Crippen MR) is 116 cm³/mol. The van der Waals surface area contributed by atoms with Gasteiger partial charge in [-0.25, -0.2) is 9.78 Å². The van der Waals surface area contributed by atoms with Crippen molar-refractivity contribution < 1.29 is 9.53 Å². The third kappa shape index (κ3) is 3.59. The van der Waals surface area contributed by atoms with Crippen LogP contribution in [0.25, 0.3) is 32.5 Å². The first-order valence-electron chi connectivity index (χ1n) is 9.41.